The van der Waals surface area contributed by atoms with Crippen LogP contribution in [0.3, 0.4) is 0 Å². The average Bonchev–Trinajstić information content (AvgIpc) is 3.02. The maximum Gasteiger partial charge on any atom is 0.351 e. The molecule has 0 spiro atoms. The highest BCUT2D eigenvalue weighted by atomic mass is 32.2. The molecular weight excluding hydrogens is 340 g/mol. The first-order chi connectivity index (χ1) is 11.9. The average molecular weight is 362 g/mol. The second-order valence-electron chi connectivity index (χ2n) is 6.53. The van der Waals surface area contributed by atoms with Gasteiger partial charge in [-0.05, 0) is 51.2 Å². The lowest BCUT2D eigenvalue weighted by Gasteiger charge is -2.23. The van der Waals surface area contributed by atoms with Crippen molar-refractivity contribution in [2.75, 3.05) is 0 Å². The van der Waals surface area contributed by atoms with E-state index in [2.05, 4.69) is 5.10 Å². The highest BCUT2D eigenvalue weighted by Crippen LogP contribution is 2.37. The van der Waals surface area contributed by atoms with E-state index in [1.54, 1.807) is 12.1 Å². The second kappa shape index (κ2) is 7.39. The van der Waals surface area contributed by atoms with Gasteiger partial charge in [0.1, 0.15) is 12.3 Å². The van der Waals surface area contributed by atoms with Crippen molar-refractivity contribution in [2.45, 2.75) is 56.4 Å². The molecule has 6 nitrogen and oxygen atoms in total. The Hall–Kier alpha value is -2.15. The molecule has 1 aromatic carbocycles. The predicted molar refractivity (Wildman–Crippen MR) is 94.6 cm³/mol. The van der Waals surface area contributed by atoms with Gasteiger partial charge in [-0.15, -0.1) is 0 Å². The zero-order valence-electron chi connectivity index (χ0n) is 14.2. The predicted octanol–water partition coefficient (Wildman–Crippen LogP) is 2.84. The highest BCUT2D eigenvalue weighted by molar-refractivity contribution is 7.89. The van der Waals surface area contributed by atoms with Gasteiger partial charge in [0.05, 0.1) is 4.90 Å². The molecule has 0 heterocycles. The number of allylic oxidation sites excluding steroid dienone is 1. The van der Waals surface area contributed by atoms with E-state index >= 15 is 0 Å². The van der Waals surface area contributed by atoms with E-state index in [1.807, 2.05) is 11.8 Å². The van der Waals surface area contributed by atoms with Crippen molar-refractivity contribution in [3.63, 3.8) is 0 Å². The molecule has 2 aliphatic carbocycles. The summed E-state index contributed by atoms with van der Waals surface area (Å²) in [5.41, 5.74) is 3.92. The molecule has 0 radical (unpaired) electrons. The van der Waals surface area contributed by atoms with E-state index in [4.69, 9.17) is 4.74 Å². The lowest BCUT2D eigenvalue weighted by atomic mass is 9.92. The van der Waals surface area contributed by atoms with Gasteiger partial charge in [0.25, 0.3) is 10.0 Å². The lowest BCUT2D eigenvalue weighted by molar-refractivity contribution is -0.140. The van der Waals surface area contributed by atoms with Gasteiger partial charge in [0.2, 0.25) is 0 Å². The van der Waals surface area contributed by atoms with Crippen molar-refractivity contribution in [2.24, 2.45) is 5.10 Å². The Kier molecular flexibility index (Phi) is 5.22. The monoisotopic (exact) mass is 362 g/mol. The molecule has 1 atom stereocenters. The van der Waals surface area contributed by atoms with Crippen molar-refractivity contribution < 1.29 is 17.9 Å². The largest absolute Gasteiger partial charge is 0.458 e. The Balaban J connectivity index is 1.52. The van der Waals surface area contributed by atoms with Gasteiger partial charge in [-0.3, -0.25) is 0 Å². The number of nitrogens with one attached hydrogen (secondary N) is 1. The summed E-state index contributed by atoms with van der Waals surface area (Å²) in [6.07, 6.45) is 6.84. The van der Waals surface area contributed by atoms with Gasteiger partial charge in [0.15, 0.2) is 0 Å². The summed E-state index contributed by atoms with van der Waals surface area (Å²) in [5, 5.41) is 3.52. The van der Waals surface area contributed by atoms with Crippen LogP contribution in [0.4, 0.5) is 0 Å². The van der Waals surface area contributed by atoms with Crippen LogP contribution in [0.25, 0.3) is 0 Å². The maximum atomic E-state index is 12.1. The van der Waals surface area contributed by atoms with Crippen molar-refractivity contribution in [3.8, 4) is 0 Å². The number of sulfonamides is 1. The Morgan fingerprint density at radius 1 is 1.20 bits per heavy atom. The summed E-state index contributed by atoms with van der Waals surface area (Å²) in [7, 11) is -3.78. The molecule has 134 valence electrons. The number of ether oxygens (including phenoxy) is 1. The molecule has 0 amide bonds. The molecule has 0 saturated heterocycles. The molecule has 0 bridgehead atoms. The number of benzene rings is 1. The van der Waals surface area contributed by atoms with Crippen molar-refractivity contribution in [3.05, 3.63) is 41.0 Å². The number of aryl methyl sites for hydroxylation is 1. The second-order valence-corrected chi connectivity index (χ2v) is 8.19. The Bertz CT molecular complexity index is 810. The molecular formula is C18H22N2O4S. The smallest absolute Gasteiger partial charge is 0.351 e. The third kappa shape index (κ3) is 4.48. The molecule has 1 aromatic rings. The minimum atomic E-state index is -3.78. The van der Waals surface area contributed by atoms with Crippen LogP contribution in [0.2, 0.25) is 0 Å². The number of rotatable bonds is 5. The van der Waals surface area contributed by atoms with E-state index in [9.17, 15) is 13.2 Å². The SMILES string of the molecule is Cc1ccc(S(=O)(=O)N/N=C/C(=O)OC2CCC3=C(CCC3)C2)cc1. The minimum Gasteiger partial charge on any atom is -0.458 e. The minimum absolute atomic E-state index is 0.0941. The Morgan fingerprint density at radius 3 is 2.68 bits per heavy atom. The van der Waals surface area contributed by atoms with E-state index in [1.165, 1.54) is 36.1 Å². The van der Waals surface area contributed by atoms with Crippen LogP contribution in [0, 0.1) is 6.92 Å². The first-order valence-corrected chi connectivity index (χ1v) is 9.94. The van der Waals surface area contributed by atoms with Crippen LogP contribution in [-0.2, 0) is 19.6 Å². The van der Waals surface area contributed by atoms with E-state index < -0.39 is 16.0 Å². The van der Waals surface area contributed by atoms with Crippen LogP contribution in [0.1, 0.15) is 44.1 Å². The molecule has 0 saturated carbocycles. The standard InChI is InChI=1S/C18H22N2O4S/c1-13-5-9-17(10-6-13)25(22,23)20-19-12-18(21)24-16-8-7-14-3-2-4-15(14)11-16/h5-6,9-10,12,16,20H,2-4,7-8,11H2,1H3/b19-12+. The van der Waals surface area contributed by atoms with Gasteiger partial charge in [-0.25, -0.2) is 4.79 Å². The molecule has 0 aliphatic heterocycles. The summed E-state index contributed by atoms with van der Waals surface area (Å²) in [6, 6.07) is 6.37. The number of nitrogens with zero attached hydrogens (tertiary/aromatic N) is 1. The van der Waals surface area contributed by atoms with Crippen LogP contribution >= 0.6 is 0 Å². The number of hydrazone groups is 1. The number of hydrogen-bond donors (Lipinski definition) is 1. The van der Waals surface area contributed by atoms with Crippen LogP contribution in [0.5, 0.6) is 0 Å². The van der Waals surface area contributed by atoms with Crippen molar-refractivity contribution in [1.82, 2.24) is 4.83 Å². The van der Waals surface area contributed by atoms with E-state index in [-0.39, 0.29) is 11.0 Å². The Morgan fingerprint density at radius 2 is 1.92 bits per heavy atom. The van der Waals surface area contributed by atoms with E-state index in [0.717, 1.165) is 37.5 Å². The number of carbonyl (C=O) groups excluding carboxylic acids is 1. The van der Waals surface area contributed by atoms with Gasteiger partial charge < -0.3 is 4.74 Å². The van der Waals surface area contributed by atoms with Crippen molar-refractivity contribution >= 4 is 22.2 Å². The molecule has 1 N–H and O–H groups in total. The van der Waals surface area contributed by atoms with Crippen LogP contribution in [0.15, 0.2) is 45.4 Å². The quantitative estimate of drug-likeness (QED) is 0.378. The summed E-state index contributed by atoms with van der Waals surface area (Å²) in [4.78, 5) is 14.0. The van der Waals surface area contributed by atoms with Gasteiger partial charge in [-0.2, -0.15) is 18.4 Å². The highest BCUT2D eigenvalue weighted by Gasteiger charge is 2.26. The first-order valence-electron chi connectivity index (χ1n) is 8.46. The normalized spacial score (nSPS) is 20.6. The fraction of sp³-hybridized carbons (Fsp3) is 0.444. The summed E-state index contributed by atoms with van der Waals surface area (Å²) < 4.78 is 29.5. The van der Waals surface area contributed by atoms with Crippen molar-refractivity contribution in [1.29, 1.82) is 0 Å². The van der Waals surface area contributed by atoms with Gasteiger partial charge in [0, 0.05) is 6.42 Å². The fourth-order valence-corrected chi connectivity index (χ4v) is 4.13. The Labute approximate surface area is 148 Å². The molecule has 1 unspecified atom stereocenters. The molecule has 2 aliphatic rings. The van der Waals surface area contributed by atoms with E-state index in [0.29, 0.717) is 0 Å². The lowest BCUT2D eigenvalue weighted by Crippen LogP contribution is -2.24. The topological polar surface area (TPSA) is 84.8 Å². The third-order valence-electron chi connectivity index (χ3n) is 4.66. The fourth-order valence-electron chi connectivity index (χ4n) is 3.34. The molecule has 0 aromatic heterocycles. The summed E-state index contributed by atoms with van der Waals surface area (Å²) in [6.45, 7) is 1.87. The molecule has 3 rings (SSSR count). The molecule has 25 heavy (non-hydrogen) atoms. The number of hydrogen-bond acceptors (Lipinski definition) is 5. The third-order valence-corrected chi connectivity index (χ3v) is 5.89. The maximum absolute atomic E-state index is 12.1. The number of esters is 1. The van der Waals surface area contributed by atoms with Crippen LogP contribution in [-0.4, -0.2) is 26.7 Å². The van der Waals surface area contributed by atoms with Crippen LogP contribution < -0.4 is 4.83 Å². The van der Waals surface area contributed by atoms with Gasteiger partial charge in [-0.1, -0.05) is 28.8 Å². The van der Waals surface area contributed by atoms with Gasteiger partial charge >= 0.3 is 5.97 Å². The summed E-state index contributed by atoms with van der Waals surface area (Å²) in [5.74, 6) is -0.626. The molecule has 7 heteroatoms. The zero-order valence-corrected chi connectivity index (χ0v) is 15.0. The molecule has 0 fully saturated rings. The number of carbonyl (C=O) groups is 1. The zero-order chi connectivity index (χ0) is 17.9. The first kappa shape index (κ1) is 17.7. The summed E-state index contributed by atoms with van der Waals surface area (Å²) >= 11 is 0.